The summed E-state index contributed by atoms with van der Waals surface area (Å²) in [5.74, 6) is 0.451. The Morgan fingerprint density at radius 3 is 2.78 bits per heavy atom. The summed E-state index contributed by atoms with van der Waals surface area (Å²) in [6.45, 7) is 8.37. The fourth-order valence-corrected chi connectivity index (χ4v) is 3.37. The molecule has 98 valence electrons. The van der Waals surface area contributed by atoms with E-state index >= 15 is 0 Å². The number of thiophene rings is 1. The Balaban J connectivity index is 2.47. The molecule has 1 N–H and O–H groups in total. The van der Waals surface area contributed by atoms with Crippen LogP contribution >= 0.6 is 11.3 Å². The molecule has 18 heavy (non-hydrogen) atoms. The van der Waals surface area contributed by atoms with Crippen molar-refractivity contribution in [3.05, 3.63) is 34.5 Å². The maximum atomic E-state index is 13.4. The standard InChI is InChI=1S/C15H20FNS/c1-4-17-9-15-12(7-10(2)3)13-8-11(16)5-6-14(13)18-15/h5-6,8,10,17H,4,7,9H2,1-3H3. The second-order valence-corrected chi connectivity index (χ2v) is 6.16. The van der Waals surface area contributed by atoms with Crippen LogP contribution in [0, 0.1) is 11.7 Å². The van der Waals surface area contributed by atoms with Gasteiger partial charge < -0.3 is 5.32 Å². The fourth-order valence-electron chi connectivity index (χ4n) is 2.18. The Morgan fingerprint density at radius 1 is 1.33 bits per heavy atom. The van der Waals surface area contributed by atoms with Gasteiger partial charge in [-0.2, -0.15) is 0 Å². The van der Waals surface area contributed by atoms with E-state index in [4.69, 9.17) is 0 Å². The predicted molar refractivity (Wildman–Crippen MR) is 77.7 cm³/mol. The maximum absolute atomic E-state index is 13.4. The second-order valence-electron chi connectivity index (χ2n) is 5.02. The summed E-state index contributed by atoms with van der Waals surface area (Å²) in [4.78, 5) is 1.35. The van der Waals surface area contributed by atoms with Crippen LogP contribution in [-0.4, -0.2) is 6.54 Å². The molecule has 1 aromatic heterocycles. The smallest absolute Gasteiger partial charge is 0.123 e. The molecule has 3 heteroatoms. The van der Waals surface area contributed by atoms with Crippen LogP contribution < -0.4 is 5.32 Å². The highest BCUT2D eigenvalue weighted by atomic mass is 32.1. The van der Waals surface area contributed by atoms with Crippen LogP contribution in [0.5, 0.6) is 0 Å². The molecule has 2 rings (SSSR count). The number of benzene rings is 1. The number of halogens is 1. The van der Waals surface area contributed by atoms with Crippen LogP contribution in [0.2, 0.25) is 0 Å². The average Bonchev–Trinajstić information content (AvgIpc) is 2.64. The van der Waals surface area contributed by atoms with Crippen LogP contribution in [0.3, 0.4) is 0 Å². The topological polar surface area (TPSA) is 12.0 Å². The predicted octanol–water partition coefficient (Wildman–Crippen LogP) is 4.35. The first-order valence-corrected chi connectivity index (χ1v) is 7.34. The third-order valence-electron chi connectivity index (χ3n) is 2.98. The van der Waals surface area contributed by atoms with Crippen molar-refractivity contribution in [2.45, 2.75) is 33.7 Å². The Kier molecular flexibility index (Phi) is 4.36. The van der Waals surface area contributed by atoms with Crippen LogP contribution in [0.4, 0.5) is 4.39 Å². The molecule has 1 nitrogen and oxygen atoms in total. The van der Waals surface area contributed by atoms with Gasteiger partial charge in [0.2, 0.25) is 0 Å². The van der Waals surface area contributed by atoms with Gasteiger partial charge in [-0.3, -0.25) is 0 Å². The van der Waals surface area contributed by atoms with Crippen molar-refractivity contribution >= 4 is 21.4 Å². The van der Waals surface area contributed by atoms with Gasteiger partial charge in [0.1, 0.15) is 5.82 Å². The van der Waals surface area contributed by atoms with Crippen molar-refractivity contribution in [2.24, 2.45) is 5.92 Å². The average molecular weight is 265 g/mol. The largest absolute Gasteiger partial charge is 0.312 e. The molecule has 0 bridgehead atoms. The van der Waals surface area contributed by atoms with Crippen molar-refractivity contribution in [1.29, 1.82) is 0 Å². The van der Waals surface area contributed by atoms with Gasteiger partial charge in [-0.05, 0) is 48.0 Å². The molecule has 0 fully saturated rings. The lowest BCUT2D eigenvalue weighted by Crippen LogP contribution is -2.12. The molecule has 0 atom stereocenters. The molecule has 0 aliphatic heterocycles. The number of nitrogens with one attached hydrogen (secondary N) is 1. The minimum absolute atomic E-state index is 0.139. The first-order chi connectivity index (χ1) is 8.61. The van der Waals surface area contributed by atoms with Crippen LogP contribution in [0.1, 0.15) is 31.2 Å². The van der Waals surface area contributed by atoms with Crippen molar-refractivity contribution in [1.82, 2.24) is 5.32 Å². The summed E-state index contributed by atoms with van der Waals surface area (Å²) in [5, 5.41) is 4.47. The van der Waals surface area contributed by atoms with Gasteiger partial charge in [0, 0.05) is 16.1 Å². The third kappa shape index (κ3) is 2.90. The van der Waals surface area contributed by atoms with E-state index in [-0.39, 0.29) is 5.82 Å². The van der Waals surface area contributed by atoms with Crippen LogP contribution in [-0.2, 0) is 13.0 Å². The number of rotatable bonds is 5. The Hall–Kier alpha value is -0.930. The third-order valence-corrected chi connectivity index (χ3v) is 4.20. The fraction of sp³-hybridized carbons (Fsp3) is 0.467. The summed E-state index contributed by atoms with van der Waals surface area (Å²) in [6, 6.07) is 5.13. The van der Waals surface area contributed by atoms with E-state index in [1.165, 1.54) is 15.1 Å². The molecular formula is C15H20FNS. The summed E-state index contributed by atoms with van der Waals surface area (Å²) < 4.78 is 14.6. The van der Waals surface area contributed by atoms with E-state index in [9.17, 15) is 4.39 Å². The Bertz CT molecular complexity index is 531. The quantitative estimate of drug-likeness (QED) is 0.847. The Morgan fingerprint density at radius 2 is 2.11 bits per heavy atom. The van der Waals surface area contributed by atoms with Gasteiger partial charge in [-0.25, -0.2) is 4.39 Å². The number of hydrogen-bond acceptors (Lipinski definition) is 2. The molecule has 0 radical (unpaired) electrons. The molecule has 0 unspecified atom stereocenters. The van der Waals surface area contributed by atoms with E-state index in [0.29, 0.717) is 5.92 Å². The molecule has 0 saturated carbocycles. The SMILES string of the molecule is CCNCc1sc2ccc(F)cc2c1CC(C)C. The van der Waals surface area contributed by atoms with Gasteiger partial charge in [-0.1, -0.05) is 20.8 Å². The van der Waals surface area contributed by atoms with Crippen molar-refractivity contribution in [3.8, 4) is 0 Å². The lowest BCUT2D eigenvalue weighted by molar-refractivity contribution is 0.627. The van der Waals surface area contributed by atoms with Gasteiger partial charge in [0.15, 0.2) is 0 Å². The zero-order valence-electron chi connectivity index (χ0n) is 11.2. The first kappa shape index (κ1) is 13.5. The van der Waals surface area contributed by atoms with E-state index in [1.807, 2.05) is 6.07 Å². The molecule has 2 aromatic rings. The van der Waals surface area contributed by atoms with Crippen molar-refractivity contribution < 1.29 is 4.39 Å². The number of fused-ring (bicyclic) bond motifs is 1. The Labute approximate surface area is 112 Å². The zero-order chi connectivity index (χ0) is 13.1. The van der Waals surface area contributed by atoms with Gasteiger partial charge >= 0.3 is 0 Å². The van der Waals surface area contributed by atoms with Gasteiger partial charge in [0.25, 0.3) is 0 Å². The van der Waals surface area contributed by atoms with Crippen LogP contribution in [0.25, 0.3) is 10.1 Å². The van der Waals surface area contributed by atoms with E-state index in [2.05, 4.69) is 26.1 Å². The molecule has 0 saturated heterocycles. The normalized spacial score (nSPS) is 11.6. The summed E-state index contributed by atoms with van der Waals surface area (Å²) in [5.41, 5.74) is 1.32. The minimum atomic E-state index is -0.139. The molecule has 0 spiro atoms. The molecule has 0 aliphatic rings. The summed E-state index contributed by atoms with van der Waals surface area (Å²) in [7, 11) is 0. The molecule has 1 heterocycles. The summed E-state index contributed by atoms with van der Waals surface area (Å²) in [6.07, 6.45) is 1.02. The molecule has 0 aliphatic carbocycles. The summed E-state index contributed by atoms with van der Waals surface area (Å²) >= 11 is 1.79. The van der Waals surface area contributed by atoms with Crippen LogP contribution in [0.15, 0.2) is 18.2 Å². The molecule has 0 amide bonds. The van der Waals surface area contributed by atoms with Gasteiger partial charge in [0.05, 0.1) is 0 Å². The first-order valence-electron chi connectivity index (χ1n) is 6.52. The highest BCUT2D eigenvalue weighted by Gasteiger charge is 2.13. The minimum Gasteiger partial charge on any atom is -0.312 e. The lowest BCUT2D eigenvalue weighted by atomic mass is 10.00. The van der Waals surface area contributed by atoms with Gasteiger partial charge in [-0.15, -0.1) is 11.3 Å². The van der Waals surface area contributed by atoms with E-state index in [1.54, 1.807) is 23.5 Å². The zero-order valence-corrected chi connectivity index (χ0v) is 12.0. The number of hydrogen-bond donors (Lipinski definition) is 1. The van der Waals surface area contributed by atoms with E-state index in [0.717, 1.165) is 24.9 Å². The lowest BCUT2D eigenvalue weighted by Gasteiger charge is -2.08. The highest BCUT2D eigenvalue weighted by Crippen LogP contribution is 2.33. The van der Waals surface area contributed by atoms with Crippen molar-refractivity contribution in [2.75, 3.05) is 6.54 Å². The van der Waals surface area contributed by atoms with Crippen molar-refractivity contribution in [3.63, 3.8) is 0 Å². The van der Waals surface area contributed by atoms with E-state index < -0.39 is 0 Å². The monoisotopic (exact) mass is 265 g/mol. The second kappa shape index (κ2) is 5.81. The molecule has 1 aromatic carbocycles. The molecular weight excluding hydrogens is 245 g/mol. The maximum Gasteiger partial charge on any atom is 0.123 e. The highest BCUT2D eigenvalue weighted by molar-refractivity contribution is 7.19.